The van der Waals surface area contributed by atoms with Crippen LogP contribution in [0.4, 0.5) is 0 Å². The molecular weight excluding hydrogens is 441 g/mol. The standard InChI is InChI=1S/C25H49IN/c1-5-9-11-13-15-17-19-21-23-27(8-4,25(26)7-3)24-22-20-18-16-14-12-10-6-2/h3,25H,5-6,8-24H2,1-2,4H3/q+1. The Hall–Kier alpha value is 0.250. The predicted molar refractivity (Wildman–Crippen MR) is 132 cm³/mol. The maximum Gasteiger partial charge on any atom is 0.200 e. The van der Waals surface area contributed by atoms with E-state index in [1.165, 1.54) is 122 Å². The first kappa shape index (κ1) is 27.2. The third-order valence-corrected chi connectivity index (χ3v) is 7.70. The molecule has 160 valence electrons. The van der Waals surface area contributed by atoms with Crippen molar-refractivity contribution in [2.75, 3.05) is 19.6 Å². The van der Waals surface area contributed by atoms with E-state index in [9.17, 15) is 0 Å². The topological polar surface area (TPSA) is 0 Å². The molecule has 0 N–H and O–H groups in total. The van der Waals surface area contributed by atoms with Gasteiger partial charge in [-0.3, -0.25) is 0 Å². The smallest absolute Gasteiger partial charge is 0.200 e. The van der Waals surface area contributed by atoms with Crippen molar-refractivity contribution in [1.29, 1.82) is 0 Å². The molecule has 0 aromatic carbocycles. The van der Waals surface area contributed by atoms with E-state index in [0.717, 1.165) is 4.48 Å². The zero-order valence-corrected chi connectivity index (χ0v) is 21.1. The Morgan fingerprint density at radius 1 is 0.630 bits per heavy atom. The van der Waals surface area contributed by atoms with Gasteiger partial charge in [0.2, 0.25) is 4.05 Å². The van der Waals surface area contributed by atoms with Crippen molar-refractivity contribution in [1.82, 2.24) is 0 Å². The Kier molecular flexibility index (Phi) is 19.7. The molecule has 1 unspecified atom stereocenters. The fraction of sp³-hybridized carbons (Fsp3) is 0.920. The Balaban J connectivity index is 4.08. The molecule has 27 heavy (non-hydrogen) atoms. The summed E-state index contributed by atoms with van der Waals surface area (Å²) in [6, 6.07) is 0. The normalized spacial score (nSPS) is 12.9. The molecule has 0 aliphatic carbocycles. The van der Waals surface area contributed by atoms with Crippen molar-refractivity contribution in [3.05, 3.63) is 0 Å². The van der Waals surface area contributed by atoms with E-state index in [2.05, 4.69) is 49.3 Å². The van der Waals surface area contributed by atoms with E-state index in [-0.39, 0.29) is 0 Å². The van der Waals surface area contributed by atoms with Crippen LogP contribution in [0.5, 0.6) is 0 Å². The second-order valence-electron chi connectivity index (χ2n) is 8.43. The minimum atomic E-state index is 0.335. The third kappa shape index (κ3) is 14.0. The van der Waals surface area contributed by atoms with Crippen LogP contribution in [0, 0.1) is 12.3 Å². The summed E-state index contributed by atoms with van der Waals surface area (Å²) in [6.45, 7) is 10.7. The predicted octanol–water partition coefficient (Wildman–Crippen LogP) is 8.50. The van der Waals surface area contributed by atoms with Crippen LogP contribution in [-0.2, 0) is 0 Å². The average Bonchev–Trinajstić information content (AvgIpc) is 2.69. The lowest BCUT2D eigenvalue weighted by molar-refractivity contribution is -0.925. The number of hydrogen-bond donors (Lipinski definition) is 0. The highest BCUT2D eigenvalue weighted by Gasteiger charge is 2.31. The van der Waals surface area contributed by atoms with Gasteiger partial charge in [0.05, 0.1) is 19.6 Å². The molecule has 0 aliphatic rings. The highest BCUT2D eigenvalue weighted by atomic mass is 127. The second-order valence-corrected chi connectivity index (χ2v) is 9.61. The molecule has 0 saturated carbocycles. The highest BCUT2D eigenvalue weighted by molar-refractivity contribution is 14.1. The quantitative estimate of drug-likeness (QED) is 0.0401. The molecule has 2 heteroatoms. The number of terminal acetylenes is 1. The molecular formula is C25H49IN+. The molecule has 0 aromatic rings. The van der Waals surface area contributed by atoms with Gasteiger partial charge in [-0.15, -0.1) is 6.42 Å². The SMILES string of the molecule is C#CC(I)[N+](CC)(CCCCCCCCCC)CCCCCCCCCC. The first-order valence-electron chi connectivity index (χ1n) is 12.1. The van der Waals surface area contributed by atoms with Gasteiger partial charge in [-0.2, -0.15) is 0 Å². The van der Waals surface area contributed by atoms with Gasteiger partial charge in [0.1, 0.15) is 0 Å². The van der Waals surface area contributed by atoms with Crippen molar-refractivity contribution in [3.8, 4) is 12.3 Å². The van der Waals surface area contributed by atoms with E-state index in [4.69, 9.17) is 6.42 Å². The van der Waals surface area contributed by atoms with Crippen molar-refractivity contribution < 1.29 is 4.48 Å². The minimum Gasteiger partial charge on any atom is -0.303 e. The van der Waals surface area contributed by atoms with E-state index in [0.29, 0.717) is 4.05 Å². The fourth-order valence-electron chi connectivity index (χ4n) is 4.09. The van der Waals surface area contributed by atoms with Crippen molar-refractivity contribution in [2.45, 2.75) is 128 Å². The molecule has 1 nitrogen and oxygen atoms in total. The third-order valence-electron chi connectivity index (χ3n) is 6.16. The van der Waals surface area contributed by atoms with Gasteiger partial charge < -0.3 is 4.48 Å². The molecule has 0 fully saturated rings. The Bertz CT molecular complexity index is 327. The van der Waals surface area contributed by atoms with Gasteiger partial charge in [-0.1, -0.05) is 90.9 Å². The molecule has 0 radical (unpaired) electrons. The van der Waals surface area contributed by atoms with E-state index < -0.39 is 0 Å². The van der Waals surface area contributed by atoms with E-state index in [1.807, 2.05) is 0 Å². The molecule has 0 bridgehead atoms. The summed E-state index contributed by atoms with van der Waals surface area (Å²) in [5, 5.41) is 0. The van der Waals surface area contributed by atoms with Gasteiger partial charge in [-0.25, -0.2) is 0 Å². The summed E-state index contributed by atoms with van der Waals surface area (Å²) in [7, 11) is 0. The van der Waals surface area contributed by atoms with Gasteiger partial charge >= 0.3 is 0 Å². The number of halogens is 1. The highest BCUT2D eigenvalue weighted by Crippen LogP contribution is 2.23. The number of rotatable bonds is 20. The van der Waals surface area contributed by atoms with Crippen LogP contribution >= 0.6 is 22.6 Å². The van der Waals surface area contributed by atoms with Crippen molar-refractivity contribution in [2.24, 2.45) is 0 Å². The Morgan fingerprint density at radius 3 is 1.26 bits per heavy atom. The van der Waals surface area contributed by atoms with E-state index >= 15 is 0 Å². The summed E-state index contributed by atoms with van der Waals surface area (Å²) in [4.78, 5) is 0. The van der Waals surface area contributed by atoms with Gasteiger partial charge in [-0.05, 0) is 38.5 Å². The number of nitrogens with zero attached hydrogens (tertiary/aromatic N) is 1. The van der Waals surface area contributed by atoms with Crippen LogP contribution in [0.15, 0.2) is 0 Å². The van der Waals surface area contributed by atoms with Gasteiger partial charge in [0, 0.05) is 22.6 Å². The van der Waals surface area contributed by atoms with Crippen LogP contribution in [0.1, 0.15) is 124 Å². The molecule has 0 aliphatic heterocycles. The lowest BCUT2D eigenvalue weighted by Gasteiger charge is -2.40. The fourth-order valence-corrected chi connectivity index (χ4v) is 5.05. The zero-order chi connectivity index (χ0) is 20.2. The first-order chi connectivity index (χ1) is 13.2. The van der Waals surface area contributed by atoms with Crippen LogP contribution in [0.25, 0.3) is 0 Å². The Morgan fingerprint density at radius 2 is 0.963 bits per heavy atom. The molecule has 0 saturated heterocycles. The molecule has 0 aromatic heterocycles. The van der Waals surface area contributed by atoms with Crippen LogP contribution in [-0.4, -0.2) is 28.2 Å². The van der Waals surface area contributed by atoms with Gasteiger partial charge in [0.25, 0.3) is 0 Å². The lowest BCUT2D eigenvalue weighted by atomic mass is 10.1. The van der Waals surface area contributed by atoms with Crippen molar-refractivity contribution in [3.63, 3.8) is 0 Å². The largest absolute Gasteiger partial charge is 0.303 e. The maximum absolute atomic E-state index is 5.86. The zero-order valence-electron chi connectivity index (χ0n) is 18.9. The maximum atomic E-state index is 5.86. The van der Waals surface area contributed by atoms with Crippen LogP contribution < -0.4 is 0 Å². The van der Waals surface area contributed by atoms with Crippen LogP contribution in [0.3, 0.4) is 0 Å². The summed E-state index contributed by atoms with van der Waals surface area (Å²) in [5.74, 6) is 3.07. The number of unbranched alkanes of at least 4 members (excludes halogenated alkanes) is 14. The molecule has 0 amide bonds. The summed E-state index contributed by atoms with van der Waals surface area (Å²) in [5.41, 5.74) is 0. The average molecular weight is 491 g/mol. The number of alkyl halides is 1. The molecule has 0 heterocycles. The van der Waals surface area contributed by atoms with Crippen LogP contribution in [0.2, 0.25) is 0 Å². The van der Waals surface area contributed by atoms with E-state index in [1.54, 1.807) is 0 Å². The summed E-state index contributed by atoms with van der Waals surface area (Å²) in [6.07, 6.45) is 28.2. The van der Waals surface area contributed by atoms with Gasteiger partial charge in [0.15, 0.2) is 0 Å². The monoisotopic (exact) mass is 490 g/mol. The minimum absolute atomic E-state index is 0.335. The molecule has 1 atom stereocenters. The number of hydrogen-bond acceptors (Lipinski definition) is 0. The first-order valence-corrected chi connectivity index (χ1v) is 13.4. The molecule has 0 spiro atoms. The summed E-state index contributed by atoms with van der Waals surface area (Å²) >= 11 is 2.52. The summed E-state index contributed by atoms with van der Waals surface area (Å²) < 4.78 is 1.48. The lowest BCUT2D eigenvalue weighted by Crippen LogP contribution is -2.53. The number of quaternary nitrogens is 1. The second kappa shape index (κ2) is 19.6. The molecule has 0 rings (SSSR count). The van der Waals surface area contributed by atoms with Crippen molar-refractivity contribution >= 4 is 22.6 Å². The Labute approximate surface area is 186 Å².